The van der Waals surface area contributed by atoms with Crippen LogP contribution >= 0.6 is 0 Å². The number of hydrogen-bond acceptors (Lipinski definition) is 2. The fourth-order valence-electron chi connectivity index (χ4n) is 2.01. The Bertz CT molecular complexity index is 600. The molecule has 0 heterocycles. The van der Waals surface area contributed by atoms with Crippen LogP contribution < -0.4 is 9.47 Å². The number of benzene rings is 2. The van der Waals surface area contributed by atoms with Crippen LogP contribution in [0.4, 0.5) is 0 Å². The van der Waals surface area contributed by atoms with Crippen LogP contribution in [0.3, 0.4) is 0 Å². The molecule has 21 heavy (non-hydrogen) atoms. The van der Waals surface area contributed by atoms with Gasteiger partial charge in [-0.3, -0.25) is 0 Å². The topological polar surface area (TPSA) is 18.5 Å². The van der Waals surface area contributed by atoms with Gasteiger partial charge in [0.1, 0.15) is 6.61 Å². The zero-order valence-corrected chi connectivity index (χ0v) is 12.3. The third kappa shape index (κ3) is 4.53. The van der Waals surface area contributed by atoms with E-state index >= 15 is 0 Å². The summed E-state index contributed by atoms with van der Waals surface area (Å²) in [5.74, 6) is 1.51. The van der Waals surface area contributed by atoms with Crippen molar-refractivity contribution in [1.29, 1.82) is 0 Å². The van der Waals surface area contributed by atoms with Crippen LogP contribution in [-0.2, 0) is 6.42 Å². The highest BCUT2D eigenvalue weighted by molar-refractivity contribution is 5.49. The van der Waals surface area contributed by atoms with Gasteiger partial charge >= 0.3 is 0 Å². The molecule has 2 nitrogen and oxygen atoms in total. The van der Waals surface area contributed by atoms with Gasteiger partial charge in [0.2, 0.25) is 0 Å². The van der Waals surface area contributed by atoms with E-state index in [0.29, 0.717) is 6.61 Å². The second kappa shape index (κ2) is 7.95. The van der Waals surface area contributed by atoms with Gasteiger partial charge < -0.3 is 9.47 Å². The van der Waals surface area contributed by atoms with Crippen molar-refractivity contribution in [1.82, 2.24) is 0 Å². The van der Waals surface area contributed by atoms with Gasteiger partial charge in [-0.2, -0.15) is 0 Å². The molecular weight excluding hydrogens is 260 g/mol. The van der Waals surface area contributed by atoms with Crippen LogP contribution in [0.25, 0.3) is 6.08 Å². The lowest BCUT2D eigenvalue weighted by atomic mass is 10.1. The summed E-state index contributed by atoms with van der Waals surface area (Å²) in [6.45, 7) is 4.25. The summed E-state index contributed by atoms with van der Waals surface area (Å²) in [5.41, 5.74) is 2.32. The molecule has 0 aliphatic rings. The molecule has 0 bridgehead atoms. The van der Waals surface area contributed by atoms with Crippen molar-refractivity contribution < 1.29 is 9.47 Å². The molecule has 0 atom stereocenters. The van der Waals surface area contributed by atoms with Crippen molar-refractivity contribution in [3.63, 3.8) is 0 Å². The molecule has 0 saturated heterocycles. The van der Waals surface area contributed by atoms with E-state index in [9.17, 15) is 0 Å². The Balaban J connectivity index is 1.96. The summed E-state index contributed by atoms with van der Waals surface area (Å²) in [5, 5.41) is 0. The van der Waals surface area contributed by atoms with Gasteiger partial charge in [-0.15, -0.1) is 6.58 Å². The minimum absolute atomic E-state index is 0.506. The lowest BCUT2D eigenvalue weighted by Crippen LogP contribution is -1.97. The maximum Gasteiger partial charge on any atom is 0.161 e. The zero-order valence-electron chi connectivity index (χ0n) is 12.3. The summed E-state index contributed by atoms with van der Waals surface area (Å²) in [6, 6.07) is 16.1. The van der Waals surface area contributed by atoms with Crippen molar-refractivity contribution in [2.24, 2.45) is 0 Å². The maximum atomic E-state index is 5.75. The molecule has 0 amide bonds. The molecule has 108 valence electrons. The third-order valence-corrected chi connectivity index (χ3v) is 3.05. The summed E-state index contributed by atoms with van der Waals surface area (Å²) >= 11 is 0. The normalized spacial score (nSPS) is 10.5. The highest BCUT2D eigenvalue weighted by atomic mass is 16.5. The molecule has 0 spiro atoms. The van der Waals surface area contributed by atoms with Gasteiger partial charge in [0.15, 0.2) is 11.5 Å². The van der Waals surface area contributed by atoms with Crippen molar-refractivity contribution >= 4 is 6.08 Å². The third-order valence-electron chi connectivity index (χ3n) is 3.05. The minimum atomic E-state index is 0.506. The predicted octanol–water partition coefficient (Wildman–Crippen LogP) is 4.52. The standard InChI is InChI=1S/C19H20O2/c1-3-8-17-12-13-18(19(15-17)20-2)21-14-7-11-16-9-5-4-6-10-16/h3-7,9-13,15H,1,8,14H2,2H3/b11-7+. The van der Waals surface area contributed by atoms with Crippen molar-refractivity contribution in [2.45, 2.75) is 6.42 Å². The Labute approximate surface area is 126 Å². The van der Waals surface area contributed by atoms with Gasteiger partial charge in [-0.05, 0) is 35.8 Å². The van der Waals surface area contributed by atoms with E-state index in [-0.39, 0.29) is 0 Å². The first-order chi connectivity index (χ1) is 10.3. The van der Waals surface area contributed by atoms with Crippen molar-refractivity contribution in [2.75, 3.05) is 13.7 Å². The monoisotopic (exact) mass is 280 g/mol. The fourth-order valence-corrected chi connectivity index (χ4v) is 2.01. The predicted molar refractivity (Wildman–Crippen MR) is 87.9 cm³/mol. The van der Waals surface area contributed by atoms with E-state index in [2.05, 4.69) is 18.7 Å². The van der Waals surface area contributed by atoms with E-state index in [1.54, 1.807) is 7.11 Å². The second-order valence-electron chi connectivity index (χ2n) is 4.60. The molecule has 0 aliphatic carbocycles. The number of ether oxygens (including phenoxy) is 2. The summed E-state index contributed by atoms with van der Waals surface area (Å²) < 4.78 is 11.1. The Morgan fingerprint density at radius 3 is 2.57 bits per heavy atom. The molecule has 2 rings (SSSR count). The highest BCUT2D eigenvalue weighted by Crippen LogP contribution is 2.28. The van der Waals surface area contributed by atoms with Gasteiger partial charge in [0.05, 0.1) is 7.11 Å². The SMILES string of the molecule is C=CCc1ccc(OC/C=C/c2ccccc2)c(OC)c1. The molecule has 0 fully saturated rings. The Morgan fingerprint density at radius 1 is 1.05 bits per heavy atom. The molecule has 0 N–H and O–H groups in total. The van der Waals surface area contributed by atoms with Gasteiger partial charge in [0, 0.05) is 0 Å². The largest absolute Gasteiger partial charge is 0.493 e. The smallest absolute Gasteiger partial charge is 0.161 e. The molecule has 2 aromatic carbocycles. The zero-order chi connectivity index (χ0) is 14.9. The summed E-state index contributed by atoms with van der Waals surface area (Å²) in [7, 11) is 1.65. The molecule has 0 radical (unpaired) electrons. The Morgan fingerprint density at radius 2 is 1.86 bits per heavy atom. The number of methoxy groups -OCH3 is 1. The molecular formula is C19H20O2. The lowest BCUT2D eigenvalue weighted by Gasteiger charge is -2.10. The minimum Gasteiger partial charge on any atom is -0.493 e. The summed E-state index contributed by atoms with van der Waals surface area (Å²) in [6.07, 6.45) is 6.73. The van der Waals surface area contributed by atoms with Crippen LogP contribution in [0.15, 0.2) is 67.3 Å². The number of hydrogen-bond donors (Lipinski definition) is 0. The first-order valence-electron chi connectivity index (χ1n) is 6.95. The molecule has 0 saturated carbocycles. The number of allylic oxidation sites excluding steroid dienone is 1. The van der Waals surface area contributed by atoms with Crippen molar-refractivity contribution in [3.05, 3.63) is 78.4 Å². The average Bonchev–Trinajstić information content (AvgIpc) is 2.53. The second-order valence-corrected chi connectivity index (χ2v) is 4.60. The quantitative estimate of drug-likeness (QED) is 0.694. The number of rotatable bonds is 7. The van der Waals surface area contributed by atoms with Crippen LogP contribution in [0.5, 0.6) is 11.5 Å². The Kier molecular flexibility index (Phi) is 5.65. The van der Waals surface area contributed by atoms with Crippen LogP contribution in [0.1, 0.15) is 11.1 Å². The average molecular weight is 280 g/mol. The first-order valence-corrected chi connectivity index (χ1v) is 6.95. The van der Waals surface area contributed by atoms with E-state index in [4.69, 9.17) is 9.47 Å². The lowest BCUT2D eigenvalue weighted by molar-refractivity contribution is 0.326. The highest BCUT2D eigenvalue weighted by Gasteiger charge is 2.04. The van der Waals surface area contributed by atoms with Crippen molar-refractivity contribution in [3.8, 4) is 11.5 Å². The van der Waals surface area contributed by atoms with Gasteiger partial charge in [0.25, 0.3) is 0 Å². The summed E-state index contributed by atoms with van der Waals surface area (Å²) in [4.78, 5) is 0. The molecule has 2 heteroatoms. The van der Waals surface area contributed by atoms with E-state index in [0.717, 1.165) is 29.0 Å². The van der Waals surface area contributed by atoms with Crippen LogP contribution in [-0.4, -0.2) is 13.7 Å². The van der Waals surface area contributed by atoms with Crippen LogP contribution in [0.2, 0.25) is 0 Å². The fraction of sp³-hybridized carbons (Fsp3) is 0.158. The Hall–Kier alpha value is -2.48. The molecule has 0 aliphatic heterocycles. The molecule has 0 aromatic heterocycles. The van der Waals surface area contributed by atoms with E-state index in [1.165, 1.54) is 0 Å². The molecule has 2 aromatic rings. The van der Waals surface area contributed by atoms with Gasteiger partial charge in [-0.1, -0.05) is 48.6 Å². The maximum absolute atomic E-state index is 5.75. The molecule has 0 unspecified atom stereocenters. The van der Waals surface area contributed by atoms with E-state index in [1.807, 2.05) is 54.6 Å². The van der Waals surface area contributed by atoms with Crippen LogP contribution in [0, 0.1) is 0 Å². The van der Waals surface area contributed by atoms with E-state index < -0.39 is 0 Å². The first kappa shape index (κ1) is 14.9. The van der Waals surface area contributed by atoms with Gasteiger partial charge in [-0.25, -0.2) is 0 Å².